The van der Waals surface area contributed by atoms with Crippen LogP contribution < -0.4 is 15.0 Å². The lowest BCUT2D eigenvalue weighted by Gasteiger charge is -2.12. The largest absolute Gasteiger partial charge is 0.361 e. The van der Waals surface area contributed by atoms with Gasteiger partial charge < -0.3 is 10.3 Å². The topological polar surface area (TPSA) is 121 Å². The Bertz CT molecular complexity index is 1730. The van der Waals surface area contributed by atoms with Crippen LogP contribution in [0.25, 0.3) is 33.2 Å². The molecule has 3 aromatic heterocycles. The van der Waals surface area contributed by atoms with E-state index >= 15 is 0 Å². The van der Waals surface area contributed by atoms with E-state index in [1.165, 1.54) is 6.20 Å². The maximum Gasteiger partial charge on any atom is 0.284 e. The number of anilines is 2. The zero-order chi connectivity index (χ0) is 25.4. The minimum Gasteiger partial charge on any atom is -0.361 e. The number of benzene rings is 2. The Morgan fingerprint density at radius 2 is 1.89 bits per heavy atom. The number of aromatic nitrogens is 3. The molecule has 0 saturated heterocycles. The second-order valence-corrected chi connectivity index (χ2v) is 10.2. The van der Waals surface area contributed by atoms with Crippen molar-refractivity contribution < 1.29 is 27.0 Å². The predicted octanol–water partition coefficient (Wildman–Crippen LogP) is 4.81. The van der Waals surface area contributed by atoms with Crippen LogP contribution >= 0.6 is 0 Å². The van der Waals surface area contributed by atoms with Crippen LogP contribution in [0.5, 0.6) is 0 Å². The number of amides is 1. The molecule has 0 bridgehead atoms. The highest BCUT2D eigenvalue weighted by molar-refractivity contribution is 7.92. The van der Waals surface area contributed by atoms with Crippen LogP contribution in [0, 0.1) is 11.6 Å². The minimum absolute atomic E-state index is 0.237. The summed E-state index contributed by atoms with van der Waals surface area (Å²) in [5, 5.41) is 4.27. The van der Waals surface area contributed by atoms with Gasteiger partial charge in [-0.2, -0.15) is 0 Å². The van der Waals surface area contributed by atoms with Crippen molar-refractivity contribution in [3.05, 3.63) is 78.1 Å². The quantitative estimate of drug-likeness (QED) is 0.251. The summed E-state index contributed by atoms with van der Waals surface area (Å²) in [6.45, 7) is 1.65. The number of H-pyrrole nitrogens is 3. The third-order valence-corrected chi connectivity index (χ3v) is 7.19. The summed E-state index contributed by atoms with van der Waals surface area (Å²) in [7, 11) is -3.83. The lowest BCUT2D eigenvalue weighted by molar-refractivity contribution is -0.346. The predicted molar refractivity (Wildman–Crippen MR) is 134 cm³/mol. The number of pyridine rings is 1. The normalized spacial score (nSPS) is 11.8. The smallest absolute Gasteiger partial charge is 0.284 e. The Morgan fingerprint density at radius 1 is 1.06 bits per heavy atom. The van der Waals surface area contributed by atoms with E-state index in [2.05, 4.69) is 25.0 Å². The van der Waals surface area contributed by atoms with Gasteiger partial charge in [0.25, 0.3) is 11.6 Å². The van der Waals surface area contributed by atoms with E-state index in [0.717, 1.165) is 39.7 Å². The fourth-order valence-corrected chi connectivity index (χ4v) is 5.16. The highest BCUT2D eigenvalue weighted by Gasteiger charge is 2.23. The molecule has 8 nitrogen and oxygen atoms in total. The summed E-state index contributed by atoms with van der Waals surface area (Å²) < 4.78 is 55.4. The van der Waals surface area contributed by atoms with Crippen LogP contribution in [0.3, 0.4) is 0 Å². The van der Waals surface area contributed by atoms with Crippen molar-refractivity contribution in [2.45, 2.75) is 13.3 Å². The van der Waals surface area contributed by atoms with Crippen molar-refractivity contribution in [1.82, 2.24) is 9.97 Å². The number of rotatable bonds is 7. The first kappa shape index (κ1) is 23.5. The van der Waals surface area contributed by atoms with E-state index in [0.29, 0.717) is 12.1 Å². The maximum absolute atomic E-state index is 14.9. The molecule has 0 aliphatic heterocycles. The third kappa shape index (κ3) is 4.52. The van der Waals surface area contributed by atoms with Gasteiger partial charge in [0.2, 0.25) is 10.0 Å². The summed E-state index contributed by atoms with van der Waals surface area (Å²) in [6.07, 6.45) is 3.66. The van der Waals surface area contributed by atoms with Crippen molar-refractivity contribution in [3.63, 3.8) is 0 Å². The average molecular weight is 511 g/mol. The van der Waals surface area contributed by atoms with Gasteiger partial charge in [-0.3, -0.25) is 9.52 Å². The summed E-state index contributed by atoms with van der Waals surface area (Å²) in [6, 6.07) is 13.3. The van der Waals surface area contributed by atoms with Gasteiger partial charge >= 0.3 is 0 Å². The molecule has 36 heavy (non-hydrogen) atoms. The number of halogens is 2. The lowest BCUT2D eigenvalue weighted by Crippen LogP contribution is -2.21. The molecule has 5 aromatic rings. The molecule has 11 heteroatoms. The molecule has 2 aromatic carbocycles. The Morgan fingerprint density at radius 3 is 2.69 bits per heavy atom. The van der Waals surface area contributed by atoms with E-state index < -0.39 is 38.8 Å². The van der Waals surface area contributed by atoms with Gasteiger partial charge in [-0.05, 0) is 48.9 Å². The number of fused-ring (bicyclic) bond motifs is 2. The second-order valence-electron chi connectivity index (χ2n) is 8.34. The van der Waals surface area contributed by atoms with Crippen molar-refractivity contribution >= 4 is 49.2 Å². The molecular weight excluding hydrogens is 488 g/mol. The molecule has 184 valence electrons. The van der Waals surface area contributed by atoms with Crippen molar-refractivity contribution in [2.75, 3.05) is 15.8 Å². The number of hydrogen-bond acceptors (Lipinski definition) is 3. The Labute approximate surface area is 204 Å². The summed E-state index contributed by atoms with van der Waals surface area (Å²) in [5.74, 6) is -3.69. The Hall–Kier alpha value is -4.25. The molecule has 5 N–H and O–H groups in total. The fourth-order valence-electron chi connectivity index (χ4n) is 4.03. The molecule has 0 fully saturated rings. The van der Waals surface area contributed by atoms with Crippen LogP contribution in [-0.4, -0.2) is 30.0 Å². The zero-order valence-corrected chi connectivity index (χ0v) is 19.9. The molecule has 0 aliphatic carbocycles. The molecule has 0 saturated carbocycles. The standard InChI is InChI=1S/C25H21F2N5O3S/c1-2-9-36(34,35)32-20-6-4-18(26)22(23(20)27)25(33)30-17-11-16-12-21(31-24(16)29-13-17)14-3-5-19-15(10-14)7-8-28-19/h3-8,10-13,28,32H,2,9H2,1H3,(H,29,31)(H,30,33)/p+1. The molecular formula is C25H22F2N5O3S+. The van der Waals surface area contributed by atoms with Gasteiger partial charge in [-0.1, -0.05) is 6.92 Å². The minimum atomic E-state index is -3.83. The third-order valence-electron chi connectivity index (χ3n) is 5.71. The first-order valence-electron chi connectivity index (χ1n) is 11.2. The van der Waals surface area contributed by atoms with Crippen LogP contribution in [0.4, 0.5) is 20.2 Å². The van der Waals surface area contributed by atoms with Crippen LogP contribution in [0.2, 0.25) is 0 Å². The van der Waals surface area contributed by atoms with Gasteiger partial charge in [0.05, 0.1) is 22.5 Å². The van der Waals surface area contributed by atoms with E-state index in [4.69, 9.17) is 0 Å². The number of sulfonamides is 1. The van der Waals surface area contributed by atoms with Crippen LogP contribution in [-0.2, 0) is 10.0 Å². The first-order chi connectivity index (χ1) is 17.2. The van der Waals surface area contributed by atoms with Gasteiger partial charge in [-0.15, -0.1) is 0 Å². The van der Waals surface area contributed by atoms with E-state index in [-0.39, 0.29) is 11.4 Å². The van der Waals surface area contributed by atoms with Crippen LogP contribution in [0.1, 0.15) is 23.7 Å². The average Bonchev–Trinajstić information content (AvgIpc) is 3.47. The van der Waals surface area contributed by atoms with E-state index in [1.54, 1.807) is 13.0 Å². The molecule has 1 amide bonds. The van der Waals surface area contributed by atoms with E-state index in [9.17, 15) is 22.0 Å². The molecule has 3 heterocycles. The summed E-state index contributed by atoms with van der Waals surface area (Å²) in [4.78, 5) is 22.2. The van der Waals surface area contributed by atoms with Gasteiger partial charge in [0.15, 0.2) is 5.82 Å². The fraction of sp³-hybridized carbons (Fsp3) is 0.120. The number of hydrogen-bond donors (Lipinski definition) is 4. The van der Waals surface area contributed by atoms with Crippen molar-refractivity contribution in [1.29, 1.82) is 0 Å². The second kappa shape index (κ2) is 9.08. The SMILES string of the molecule is CCCS(=O)(=O)Nc1ccc(F)c(C(=O)Nc2c[nH+]c3[nH]c(-c4ccc5[nH]ccc5c4)cc3c2)c1F. The Balaban J connectivity index is 1.41. The first-order valence-corrected chi connectivity index (χ1v) is 12.8. The maximum atomic E-state index is 14.9. The molecule has 0 unspecified atom stereocenters. The Kier molecular flexibility index (Phi) is 5.92. The molecule has 0 aliphatic rings. The number of carbonyl (C=O) groups is 1. The molecule has 0 spiro atoms. The van der Waals surface area contributed by atoms with E-state index in [1.807, 2.05) is 36.5 Å². The van der Waals surface area contributed by atoms with Gasteiger partial charge in [-0.25, -0.2) is 27.2 Å². The van der Waals surface area contributed by atoms with Gasteiger partial charge in [0, 0.05) is 28.7 Å². The van der Waals surface area contributed by atoms with Crippen molar-refractivity contribution in [2.24, 2.45) is 0 Å². The lowest BCUT2D eigenvalue weighted by atomic mass is 10.1. The zero-order valence-electron chi connectivity index (χ0n) is 19.1. The number of aromatic amines is 3. The molecule has 0 atom stereocenters. The monoisotopic (exact) mass is 510 g/mol. The molecule has 0 radical (unpaired) electrons. The highest BCUT2D eigenvalue weighted by atomic mass is 32.2. The highest BCUT2D eigenvalue weighted by Crippen LogP contribution is 2.27. The van der Waals surface area contributed by atoms with Crippen molar-refractivity contribution in [3.8, 4) is 11.3 Å². The summed E-state index contributed by atoms with van der Waals surface area (Å²) in [5.41, 5.74) is 2.42. The number of nitrogens with one attached hydrogen (secondary N) is 5. The van der Waals surface area contributed by atoms with Gasteiger partial charge in [0.1, 0.15) is 23.3 Å². The summed E-state index contributed by atoms with van der Waals surface area (Å²) >= 11 is 0. The molecule has 5 rings (SSSR count). The number of carbonyl (C=O) groups excluding carboxylic acids is 1. The van der Waals surface area contributed by atoms with Crippen LogP contribution in [0.15, 0.2) is 60.9 Å².